The Labute approximate surface area is 115 Å². The van der Waals surface area contributed by atoms with Crippen molar-refractivity contribution in [3.8, 4) is 22.8 Å². The van der Waals surface area contributed by atoms with E-state index in [1.807, 2.05) is 13.0 Å². The SMILES string of the molecule is COc1cc2c(cc1OC)-c1nc(C)sc1CC2=O. The van der Waals surface area contributed by atoms with Crippen molar-refractivity contribution in [3.05, 3.63) is 27.6 Å². The third kappa shape index (κ3) is 1.81. The molecule has 98 valence electrons. The maximum absolute atomic E-state index is 12.2. The van der Waals surface area contributed by atoms with Gasteiger partial charge in [-0.15, -0.1) is 11.3 Å². The van der Waals surface area contributed by atoms with E-state index in [1.165, 1.54) is 0 Å². The molecule has 0 unspecified atom stereocenters. The lowest BCUT2D eigenvalue weighted by Gasteiger charge is -2.17. The number of benzene rings is 1. The molecule has 0 spiro atoms. The molecule has 0 saturated heterocycles. The van der Waals surface area contributed by atoms with Crippen molar-refractivity contribution < 1.29 is 14.3 Å². The van der Waals surface area contributed by atoms with E-state index in [4.69, 9.17) is 9.47 Å². The molecular weight excluding hydrogens is 262 g/mol. The first-order valence-corrected chi connectivity index (χ1v) is 6.71. The van der Waals surface area contributed by atoms with Gasteiger partial charge < -0.3 is 9.47 Å². The summed E-state index contributed by atoms with van der Waals surface area (Å²) in [5.74, 6) is 1.30. The van der Waals surface area contributed by atoms with Crippen molar-refractivity contribution in [2.75, 3.05) is 14.2 Å². The Morgan fingerprint density at radius 2 is 1.79 bits per heavy atom. The molecule has 1 aromatic carbocycles. The van der Waals surface area contributed by atoms with E-state index >= 15 is 0 Å². The summed E-state index contributed by atoms with van der Waals surface area (Å²) in [7, 11) is 3.15. The van der Waals surface area contributed by atoms with Crippen LogP contribution in [0.25, 0.3) is 11.3 Å². The number of carbonyl (C=O) groups is 1. The molecule has 0 N–H and O–H groups in total. The molecule has 0 radical (unpaired) electrons. The topological polar surface area (TPSA) is 48.4 Å². The maximum atomic E-state index is 12.2. The number of ketones is 1. The van der Waals surface area contributed by atoms with E-state index in [0.29, 0.717) is 23.5 Å². The zero-order chi connectivity index (χ0) is 13.6. The number of aryl methyl sites for hydroxylation is 1. The van der Waals surface area contributed by atoms with Crippen LogP contribution in [-0.2, 0) is 6.42 Å². The van der Waals surface area contributed by atoms with Gasteiger partial charge in [0, 0.05) is 22.4 Å². The molecule has 2 aromatic rings. The predicted octanol–water partition coefficient (Wildman–Crippen LogP) is 2.87. The largest absolute Gasteiger partial charge is 0.493 e. The third-order valence-corrected chi connectivity index (χ3v) is 4.18. The summed E-state index contributed by atoms with van der Waals surface area (Å²) in [6, 6.07) is 3.58. The lowest BCUT2D eigenvalue weighted by atomic mass is 9.92. The Kier molecular flexibility index (Phi) is 2.78. The van der Waals surface area contributed by atoms with E-state index in [9.17, 15) is 4.79 Å². The van der Waals surface area contributed by atoms with Crippen molar-refractivity contribution in [1.29, 1.82) is 0 Å². The lowest BCUT2D eigenvalue weighted by Crippen LogP contribution is -2.11. The van der Waals surface area contributed by atoms with Crippen molar-refractivity contribution in [2.24, 2.45) is 0 Å². The molecule has 5 heteroatoms. The normalized spacial score (nSPS) is 12.9. The standard InChI is InChI=1S/C14H13NO3S/c1-7-15-14-9-5-12(18-3)11(17-2)4-8(9)10(16)6-13(14)19-7/h4-5H,6H2,1-3H3. The maximum Gasteiger partial charge on any atom is 0.168 e. The summed E-state index contributed by atoms with van der Waals surface area (Å²) in [5.41, 5.74) is 2.40. The quantitative estimate of drug-likeness (QED) is 0.845. The highest BCUT2D eigenvalue weighted by Gasteiger charge is 2.27. The van der Waals surface area contributed by atoms with Gasteiger partial charge in [-0.3, -0.25) is 4.79 Å². The summed E-state index contributed by atoms with van der Waals surface area (Å²) in [4.78, 5) is 17.8. The zero-order valence-electron chi connectivity index (χ0n) is 10.9. The zero-order valence-corrected chi connectivity index (χ0v) is 11.8. The number of hydrogen-bond acceptors (Lipinski definition) is 5. The molecule has 1 aliphatic carbocycles. The van der Waals surface area contributed by atoms with Gasteiger partial charge in [0.05, 0.1) is 24.9 Å². The number of carbonyl (C=O) groups excluding carboxylic acids is 1. The molecule has 1 aliphatic rings. The average Bonchev–Trinajstić information content (AvgIpc) is 2.78. The van der Waals surface area contributed by atoms with Crippen LogP contribution in [0, 0.1) is 6.92 Å². The smallest absolute Gasteiger partial charge is 0.168 e. The number of rotatable bonds is 2. The second-order valence-electron chi connectivity index (χ2n) is 4.36. The lowest BCUT2D eigenvalue weighted by molar-refractivity contribution is 0.0992. The van der Waals surface area contributed by atoms with Gasteiger partial charge in [0.2, 0.25) is 0 Å². The molecule has 0 atom stereocenters. The first-order chi connectivity index (χ1) is 9.13. The van der Waals surface area contributed by atoms with Gasteiger partial charge in [-0.25, -0.2) is 4.98 Å². The minimum Gasteiger partial charge on any atom is -0.493 e. The first-order valence-electron chi connectivity index (χ1n) is 5.90. The van der Waals surface area contributed by atoms with Crippen LogP contribution in [-0.4, -0.2) is 25.0 Å². The first kappa shape index (κ1) is 12.2. The van der Waals surface area contributed by atoms with E-state index in [-0.39, 0.29) is 5.78 Å². The third-order valence-electron chi connectivity index (χ3n) is 3.20. The van der Waals surface area contributed by atoms with Crippen molar-refractivity contribution in [2.45, 2.75) is 13.3 Å². The minimum absolute atomic E-state index is 0.104. The summed E-state index contributed by atoms with van der Waals surface area (Å²) in [6.45, 7) is 1.95. The van der Waals surface area contributed by atoms with E-state index < -0.39 is 0 Å². The van der Waals surface area contributed by atoms with E-state index in [1.54, 1.807) is 31.6 Å². The monoisotopic (exact) mass is 275 g/mol. The molecule has 0 aliphatic heterocycles. The average molecular weight is 275 g/mol. The van der Waals surface area contributed by atoms with Crippen molar-refractivity contribution in [1.82, 2.24) is 4.98 Å². The van der Waals surface area contributed by atoms with Crippen LogP contribution >= 0.6 is 11.3 Å². The van der Waals surface area contributed by atoms with Gasteiger partial charge in [-0.1, -0.05) is 0 Å². The Morgan fingerprint density at radius 3 is 2.42 bits per heavy atom. The molecule has 1 aromatic heterocycles. The number of hydrogen-bond donors (Lipinski definition) is 0. The van der Waals surface area contributed by atoms with Gasteiger partial charge in [-0.05, 0) is 19.1 Å². The van der Waals surface area contributed by atoms with Crippen LogP contribution in [0.3, 0.4) is 0 Å². The fourth-order valence-electron chi connectivity index (χ4n) is 2.35. The summed E-state index contributed by atoms with van der Waals surface area (Å²) < 4.78 is 10.5. The highest BCUT2D eigenvalue weighted by molar-refractivity contribution is 7.12. The molecule has 1 heterocycles. The minimum atomic E-state index is 0.104. The Bertz CT molecular complexity index is 676. The van der Waals surface area contributed by atoms with Gasteiger partial charge in [-0.2, -0.15) is 0 Å². The van der Waals surface area contributed by atoms with Crippen LogP contribution in [0.2, 0.25) is 0 Å². The van der Waals surface area contributed by atoms with Crippen LogP contribution in [0.15, 0.2) is 12.1 Å². The number of aromatic nitrogens is 1. The van der Waals surface area contributed by atoms with E-state index in [2.05, 4.69) is 4.98 Å². The summed E-state index contributed by atoms with van der Waals surface area (Å²) >= 11 is 1.58. The second-order valence-corrected chi connectivity index (χ2v) is 5.65. The Balaban J connectivity index is 2.28. The Hall–Kier alpha value is -1.88. The number of nitrogens with zero attached hydrogens (tertiary/aromatic N) is 1. The highest BCUT2D eigenvalue weighted by atomic mass is 32.1. The van der Waals surface area contributed by atoms with Crippen LogP contribution in [0.4, 0.5) is 0 Å². The van der Waals surface area contributed by atoms with Gasteiger partial charge in [0.25, 0.3) is 0 Å². The second kappa shape index (κ2) is 4.35. The van der Waals surface area contributed by atoms with E-state index in [0.717, 1.165) is 21.1 Å². The molecule has 0 saturated carbocycles. The summed E-state index contributed by atoms with van der Waals surface area (Å²) in [6.07, 6.45) is 0.420. The van der Waals surface area contributed by atoms with Gasteiger partial charge in [0.15, 0.2) is 17.3 Å². The van der Waals surface area contributed by atoms with Crippen molar-refractivity contribution in [3.63, 3.8) is 0 Å². The van der Waals surface area contributed by atoms with Crippen LogP contribution < -0.4 is 9.47 Å². The molecule has 0 amide bonds. The fraction of sp³-hybridized carbons (Fsp3) is 0.286. The summed E-state index contributed by atoms with van der Waals surface area (Å²) in [5, 5.41) is 0.973. The van der Waals surface area contributed by atoms with Crippen molar-refractivity contribution >= 4 is 17.1 Å². The van der Waals surface area contributed by atoms with Gasteiger partial charge in [0.1, 0.15) is 0 Å². The van der Waals surface area contributed by atoms with Gasteiger partial charge >= 0.3 is 0 Å². The number of thiazole rings is 1. The molecule has 0 bridgehead atoms. The van der Waals surface area contributed by atoms with Crippen LogP contribution in [0.1, 0.15) is 20.2 Å². The molecular formula is C14H13NO3S. The molecule has 4 nitrogen and oxygen atoms in total. The molecule has 19 heavy (non-hydrogen) atoms. The number of ether oxygens (including phenoxy) is 2. The molecule has 3 rings (SSSR count). The molecule has 0 fully saturated rings. The van der Waals surface area contributed by atoms with Crippen LogP contribution in [0.5, 0.6) is 11.5 Å². The predicted molar refractivity (Wildman–Crippen MR) is 73.4 cm³/mol. The number of methoxy groups -OCH3 is 2. The highest BCUT2D eigenvalue weighted by Crippen LogP contribution is 2.41. The fourth-order valence-corrected chi connectivity index (χ4v) is 3.30. The number of fused-ring (bicyclic) bond motifs is 3. The Morgan fingerprint density at radius 1 is 1.16 bits per heavy atom. The number of Topliss-reactive ketones (excluding diaryl/α,β-unsaturated/α-hetero) is 1.